The van der Waals surface area contributed by atoms with E-state index in [2.05, 4.69) is 4.98 Å². The van der Waals surface area contributed by atoms with Gasteiger partial charge in [-0.1, -0.05) is 12.1 Å². The van der Waals surface area contributed by atoms with Gasteiger partial charge in [-0.15, -0.1) is 0 Å². The molecule has 2 rings (SSSR count). The molecule has 5 heteroatoms. The lowest BCUT2D eigenvalue weighted by molar-refractivity contribution is -0.378. The van der Waals surface area contributed by atoms with Crippen LogP contribution in [0.3, 0.4) is 0 Å². The lowest BCUT2D eigenvalue weighted by atomic mass is 10.1. The van der Waals surface area contributed by atoms with Gasteiger partial charge in [0.05, 0.1) is 0 Å². The third-order valence-electron chi connectivity index (χ3n) is 3.22. The summed E-state index contributed by atoms with van der Waals surface area (Å²) in [5, 5.41) is 12.0. The molecule has 1 unspecified atom stereocenters. The maximum atomic E-state index is 11.6. The predicted molar refractivity (Wildman–Crippen MR) is 78.1 cm³/mol. The zero-order chi connectivity index (χ0) is 15.2. The van der Waals surface area contributed by atoms with Crippen molar-refractivity contribution in [1.82, 2.24) is 5.06 Å². The van der Waals surface area contributed by atoms with Gasteiger partial charge in [0.1, 0.15) is 12.4 Å². The number of ether oxygens (including phenoxy) is 1. The number of hydrogen-bond acceptors (Lipinski definition) is 3. The standard InChI is InChI=1S/C16H17N2O3/c1-12(18(20)13(2)19)15-3-5-16(6-4-15)21-11-14-7-9-17-10-8-14/h3-10,12H,11H2,1-2H3/q-1/p+1. The molecular weight excluding hydrogens is 268 g/mol. The first-order valence-electron chi connectivity index (χ1n) is 6.72. The molecule has 110 valence electrons. The summed E-state index contributed by atoms with van der Waals surface area (Å²) in [5.41, 5.74) is 1.84. The van der Waals surface area contributed by atoms with Crippen molar-refractivity contribution in [2.75, 3.05) is 0 Å². The first-order chi connectivity index (χ1) is 10.1. The predicted octanol–water partition coefficient (Wildman–Crippen LogP) is 2.49. The Balaban J connectivity index is 1.97. The number of nitrogens with one attached hydrogen (secondary N) is 1. The van der Waals surface area contributed by atoms with Gasteiger partial charge in [-0.2, -0.15) is 0 Å². The number of carbonyl (C=O) groups is 1. The van der Waals surface area contributed by atoms with E-state index in [1.807, 2.05) is 24.5 Å². The Labute approximate surface area is 123 Å². The maximum absolute atomic E-state index is 11.6. The van der Waals surface area contributed by atoms with Crippen LogP contribution in [0.25, 0.3) is 0 Å². The molecule has 1 amide bonds. The van der Waals surface area contributed by atoms with E-state index < -0.39 is 11.9 Å². The van der Waals surface area contributed by atoms with Crippen LogP contribution in [-0.2, 0) is 11.4 Å². The summed E-state index contributed by atoms with van der Waals surface area (Å²) in [5.74, 6) is 0.225. The molecule has 0 aliphatic rings. The lowest BCUT2D eigenvalue weighted by Crippen LogP contribution is -2.25. The van der Waals surface area contributed by atoms with Crippen LogP contribution in [0.4, 0.5) is 0 Å². The molecule has 21 heavy (non-hydrogen) atoms. The van der Waals surface area contributed by atoms with E-state index in [1.165, 1.54) is 6.92 Å². The molecule has 0 aliphatic heterocycles. The molecule has 2 aromatic rings. The topological polar surface area (TPSA) is 66.7 Å². The number of aromatic amines is 1. The van der Waals surface area contributed by atoms with Crippen molar-refractivity contribution in [2.45, 2.75) is 26.5 Å². The summed E-state index contributed by atoms with van der Waals surface area (Å²) in [7, 11) is 0. The molecule has 0 bridgehead atoms. The Morgan fingerprint density at radius 1 is 1.24 bits per heavy atom. The number of nitrogens with zero attached hydrogens (tertiary/aromatic N) is 1. The molecule has 1 N–H and O–H groups in total. The zero-order valence-corrected chi connectivity index (χ0v) is 12.1. The second-order valence-electron chi connectivity index (χ2n) is 4.79. The maximum Gasteiger partial charge on any atom is 0.209 e. The van der Waals surface area contributed by atoms with Crippen molar-refractivity contribution < 1.29 is 14.5 Å². The highest BCUT2D eigenvalue weighted by molar-refractivity contribution is 5.74. The highest BCUT2D eigenvalue weighted by atomic mass is 16.5. The summed E-state index contributed by atoms with van der Waals surface area (Å²) in [6.07, 6.45) is 3.68. The minimum atomic E-state index is -0.499. The number of aromatic nitrogens is 1. The Hall–Kier alpha value is -2.40. The van der Waals surface area contributed by atoms with Crippen LogP contribution in [0.5, 0.6) is 5.75 Å². The minimum Gasteiger partial charge on any atom is -0.756 e. The zero-order valence-electron chi connectivity index (χ0n) is 12.1. The van der Waals surface area contributed by atoms with Gasteiger partial charge in [0, 0.05) is 30.7 Å². The van der Waals surface area contributed by atoms with Crippen LogP contribution >= 0.6 is 0 Å². The van der Waals surface area contributed by atoms with E-state index in [0.717, 1.165) is 16.9 Å². The second-order valence-corrected chi connectivity index (χ2v) is 4.79. The molecule has 1 aromatic carbocycles. The smallest absolute Gasteiger partial charge is 0.209 e. The summed E-state index contributed by atoms with van der Waals surface area (Å²) < 4.78 is 5.66. The number of H-pyrrole nitrogens is 1. The highest BCUT2D eigenvalue weighted by Crippen LogP contribution is 2.22. The van der Waals surface area contributed by atoms with E-state index >= 15 is 0 Å². The van der Waals surface area contributed by atoms with Crippen molar-refractivity contribution in [3.8, 4) is 5.75 Å². The van der Waals surface area contributed by atoms with Crippen LogP contribution < -0.4 is 9.72 Å². The molecule has 0 saturated carbocycles. The fraction of sp³-hybridized carbons (Fsp3) is 0.250. The average Bonchev–Trinajstić information content (AvgIpc) is 2.53. The fourth-order valence-corrected chi connectivity index (χ4v) is 1.93. The first kappa shape index (κ1) is 15.0. The number of pyridine rings is 1. The molecule has 0 aliphatic carbocycles. The van der Waals surface area contributed by atoms with Crippen LogP contribution in [0.1, 0.15) is 31.0 Å². The van der Waals surface area contributed by atoms with Crippen molar-refractivity contribution in [3.05, 3.63) is 65.1 Å². The van der Waals surface area contributed by atoms with Gasteiger partial charge in [0.25, 0.3) is 0 Å². The van der Waals surface area contributed by atoms with Gasteiger partial charge in [-0.25, -0.2) is 4.98 Å². The Morgan fingerprint density at radius 2 is 1.86 bits per heavy atom. The molecule has 0 fully saturated rings. The third-order valence-corrected chi connectivity index (χ3v) is 3.22. The first-order valence-corrected chi connectivity index (χ1v) is 6.72. The normalized spacial score (nSPS) is 11.8. The van der Waals surface area contributed by atoms with Gasteiger partial charge in [0.2, 0.25) is 5.91 Å². The Kier molecular flexibility index (Phi) is 4.90. The lowest BCUT2D eigenvalue weighted by Gasteiger charge is -2.34. The van der Waals surface area contributed by atoms with Gasteiger partial charge in [0.15, 0.2) is 12.4 Å². The summed E-state index contributed by atoms with van der Waals surface area (Å²) in [6.45, 7) is 3.44. The third kappa shape index (κ3) is 4.03. The van der Waals surface area contributed by atoms with Gasteiger partial charge < -0.3 is 15.0 Å². The van der Waals surface area contributed by atoms with Gasteiger partial charge in [-0.3, -0.25) is 4.79 Å². The quantitative estimate of drug-likeness (QED) is 0.793. The van der Waals surface area contributed by atoms with Crippen LogP contribution in [0.15, 0.2) is 48.8 Å². The SMILES string of the molecule is CC(=O)N([O-])C(C)c1ccc(OCc2cc[nH+]cc2)cc1. The van der Waals surface area contributed by atoms with E-state index in [0.29, 0.717) is 11.7 Å². The Bertz CT molecular complexity index is 584. The van der Waals surface area contributed by atoms with E-state index in [-0.39, 0.29) is 0 Å². The monoisotopic (exact) mass is 286 g/mol. The van der Waals surface area contributed by atoms with Crippen molar-refractivity contribution in [1.29, 1.82) is 0 Å². The molecule has 5 nitrogen and oxygen atoms in total. The van der Waals surface area contributed by atoms with Crippen LogP contribution in [0, 0.1) is 5.21 Å². The summed E-state index contributed by atoms with van der Waals surface area (Å²) >= 11 is 0. The molecule has 0 spiro atoms. The Morgan fingerprint density at radius 3 is 2.43 bits per heavy atom. The molecule has 1 atom stereocenters. The molecular formula is C16H18N2O3. The molecule has 0 radical (unpaired) electrons. The molecule has 1 heterocycles. The number of amides is 1. The van der Waals surface area contributed by atoms with Crippen molar-refractivity contribution in [2.24, 2.45) is 0 Å². The fourth-order valence-electron chi connectivity index (χ4n) is 1.93. The largest absolute Gasteiger partial charge is 0.756 e. The van der Waals surface area contributed by atoms with Crippen molar-refractivity contribution >= 4 is 5.91 Å². The number of rotatable bonds is 5. The summed E-state index contributed by atoms with van der Waals surface area (Å²) in [4.78, 5) is 14.0. The van der Waals surface area contributed by atoms with E-state index in [9.17, 15) is 10.0 Å². The highest BCUT2D eigenvalue weighted by Gasteiger charge is 2.09. The number of hydrogen-bond donors (Lipinski definition) is 0. The van der Waals surface area contributed by atoms with Crippen LogP contribution in [-0.4, -0.2) is 11.0 Å². The van der Waals surface area contributed by atoms with Gasteiger partial charge >= 0.3 is 0 Å². The van der Waals surface area contributed by atoms with Crippen molar-refractivity contribution in [3.63, 3.8) is 0 Å². The molecule has 1 aromatic heterocycles. The van der Waals surface area contributed by atoms with Crippen LogP contribution in [0.2, 0.25) is 0 Å². The summed E-state index contributed by atoms with van der Waals surface area (Å²) in [6, 6.07) is 10.6. The minimum absolute atomic E-state index is 0.469. The molecule has 0 saturated heterocycles. The van der Waals surface area contributed by atoms with E-state index in [4.69, 9.17) is 4.74 Å². The number of benzene rings is 1. The van der Waals surface area contributed by atoms with Gasteiger partial charge in [-0.05, 0) is 24.6 Å². The second kappa shape index (κ2) is 6.85. The number of hydroxylamine groups is 2. The van der Waals surface area contributed by atoms with E-state index in [1.54, 1.807) is 31.2 Å². The number of carbonyl (C=O) groups excluding carboxylic acids is 1. The average molecular weight is 286 g/mol.